The molecule has 0 spiro atoms. The van der Waals surface area contributed by atoms with Crippen molar-refractivity contribution in [1.29, 1.82) is 0 Å². The average Bonchev–Trinajstić information content (AvgIpc) is 2.67. The van der Waals surface area contributed by atoms with Crippen molar-refractivity contribution in [2.24, 2.45) is 0 Å². The Bertz CT molecular complexity index is 788. The standard InChI is InChI=1S/C12H27N.C10H9NO3S/c1-4-7-10-13(11-8-5-2)12-9-6-3;11-9-5-6-10(15(12,13)14)8-4-2-1-3-7(8)9/h4-12H2,1-3H3;1-6H,11H2,(H,12,13,14). The largest absolute Gasteiger partial charge is 0.744 e. The van der Waals surface area contributed by atoms with Crippen LogP contribution < -0.4 is 10.6 Å². The Hall–Kier alpha value is -1.63. The van der Waals surface area contributed by atoms with Crippen LogP contribution in [0.3, 0.4) is 0 Å². The number of unbranched alkanes of at least 4 members (excludes halogenated alkanes) is 3. The summed E-state index contributed by atoms with van der Waals surface area (Å²) in [5.74, 6) is 0. The number of hydrogen-bond acceptors (Lipinski definition) is 4. The van der Waals surface area contributed by atoms with Gasteiger partial charge in [-0.15, -0.1) is 0 Å². The zero-order valence-corrected chi connectivity index (χ0v) is 18.4. The quantitative estimate of drug-likeness (QED) is 0.464. The average molecular weight is 409 g/mol. The fourth-order valence-corrected chi connectivity index (χ4v) is 3.85. The number of benzene rings is 2. The summed E-state index contributed by atoms with van der Waals surface area (Å²) < 4.78 is 32.9. The van der Waals surface area contributed by atoms with E-state index in [9.17, 15) is 13.0 Å². The molecule has 0 saturated carbocycles. The summed E-state index contributed by atoms with van der Waals surface area (Å²) in [6.45, 7) is 11.1. The number of nitrogens with two attached hydrogens (primary N) is 1. The Balaban J connectivity index is 0.000000284. The van der Waals surface area contributed by atoms with Crippen LogP contribution in [0.4, 0.5) is 5.69 Å². The maximum absolute atomic E-state index is 11.0. The summed E-state index contributed by atoms with van der Waals surface area (Å²) in [6.07, 6.45) is 8.26. The fraction of sp³-hybridized carbons (Fsp3) is 0.545. The SMILES string of the molecule is CCCC[NH+](CCCC)CCCC.Nc1ccc(S(=O)(=O)[O-])c2ccccc12. The Kier molecular flexibility index (Phi) is 11.1. The van der Waals surface area contributed by atoms with E-state index in [1.54, 1.807) is 24.3 Å². The van der Waals surface area contributed by atoms with Crippen molar-refractivity contribution in [3.05, 3.63) is 36.4 Å². The van der Waals surface area contributed by atoms with Gasteiger partial charge in [0, 0.05) is 16.5 Å². The molecule has 0 heterocycles. The predicted octanol–water partition coefficient (Wildman–Crippen LogP) is 3.60. The molecular weight excluding hydrogens is 372 g/mol. The van der Waals surface area contributed by atoms with Crippen molar-refractivity contribution >= 4 is 26.6 Å². The van der Waals surface area contributed by atoms with E-state index in [0.717, 1.165) is 0 Å². The Labute approximate surface area is 170 Å². The highest BCUT2D eigenvalue weighted by Crippen LogP contribution is 2.27. The Morgan fingerprint density at radius 3 is 1.71 bits per heavy atom. The van der Waals surface area contributed by atoms with E-state index in [1.165, 1.54) is 70.3 Å². The minimum Gasteiger partial charge on any atom is -0.744 e. The molecule has 0 aromatic heterocycles. The molecule has 2 rings (SSSR count). The van der Waals surface area contributed by atoms with Gasteiger partial charge in [-0.05, 0) is 31.4 Å². The summed E-state index contributed by atoms with van der Waals surface area (Å²) in [5.41, 5.74) is 6.13. The summed E-state index contributed by atoms with van der Waals surface area (Å²) in [5, 5.41) is 0.946. The van der Waals surface area contributed by atoms with Crippen molar-refractivity contribution in [2.75, 3.05) is 25.4 Å². The van der Waals surface area contributed by atoms with Crippen LogP contribution in [0.5, 0.6) is 0 Å². The van der Waals surface area contributed by atoms with Crippen LogP contribution in [-0.2, 0) is 10.1 Å². The van der Waals surface area contributed by atoms with Crippen LogP contribution >= 0.6 is 0 Å². The van der Waals surface area contributed by atoms with Gasteiger partial charge in [-0.2, -0.15) is 0 Å². The van der Waals surface area contributed by atoms with Crippen molar-refractivity contribution in [3.63, 3.8) is 0 Å². The van der Waals surface area contributed by atoms with Crippen molar-refractivity contribution in [2.45, 2.75) is 64.2 Å². The summed E-state index contributed by atoms with van der Waals surface area (Å²) in [7, 11) is -4.45. The highest BCUT2D eigenvalue weighted by atomic mass is 32.2. The van der Waals surface area contributed by atoms with E-state index in [2.05, 4.69) is 20.8 Å². The lowest BCUT2D eigenvalue weighted by atomic mass is 10.1. The van der Waals surface area contributed by atoms with E-state index in [-0.39, 0.29) is 4.90 Å². The molecule has 0 unspecified atom stereocenters. The maximum Gasteiger partial charge on any atom is 0.125 e. The number of nitrogen functional groups attached to an aromatic ring is 1. The molecule has 0 fully saturated rings. The van der Waals surface area contributed by atoms with E-state index in [1.807, 2.05) is 4.90 Å². The molecule has 158 valence electrons. The van der Waals surface area contributed by atoms with Gasteiger partial charge in [0.05, 0.1) is 24.5 Å². The third kappa shape index (κ3) is 8.17. The second-order valence-electron chi connectivity index (χ2n) is 7.21. The second-order valence-corrected chi connectivity index (χ2v) is 8.56. The molecule has 0 atom stereocenters. The van der Waals surface area contributed by atoms with Gasteiger partial charge < -0.3 is 15.2 Å². The van der Waals surface area contributed by atoms with E-state index in [0.29, 0.717) is 16.5 Å². The normalized spacial score (nSPS) is 11.5. The fourth-order valence-electron chi connectivity index (χ4n) is 3.17. The van der Waals surface area contributed by atoms with E-state index < -0.39 is 10.1 Å². The smallest absolute Gasteiger partial charge is 0.125 e. The molecule has 2 aromatic rings. The first kappa shape index (κ1) is 24.4. The van der Waals surface area contributed by atoms with Crippen LogP contribution in [0.25, 0.3) is 10.8 Å². The molecule has 0 aliphatic carbocycles. The number of rotatable bonds is 10. The molecule has 0 radical (unpaired) electrons. The van der Waals surface area contributed by atoms with Gasteiger partial charge in [0.25, 0.3) is 0 Å². The molecule has 28 heavy (non-hydrogen) atoms. The second kappa shape index (κ2) is 12.8. The molecule has 0 aliphatic heterocycles. The first-order valence-corrected chi connectivity index (χ1v) is 11.8. The minimum absolute atomic E-state index is 0.229. The van der Waals surface area contributed by atoms with Gasteiger partial charge >= 0.3 is 0 Å². The summed E-state index contributed by atoms with van der Waals surface area (Å²) in [4.78, 5) is 1.61. The molecule has 6 heteroatoms. The molecule has 3 N–H and O–H groups in total. The number of fused-ring (bicyclic) bond motifs is 1. The lowest BCUT2D eigenvalue weighted by Crippen LogP contribution is -3.12. The van der Waals surface area contributed by atoms with E-state index >= 15 is 0 Å². The molecule has 2 aromatic carbocycles. The first-order chi connectivity index (χ1) is 13.3. The van der Waals surface area contributed by atoms with Gasteiger partial charge in [0.1, 0.15) is 10.1 Å². The van der Waals surface area contributed by atoms with E-state index in [4.69, 9.17) is 5.73 Å². The van der Waals surface area contributed by atoms with Crippen LogP contribution in [0.15, 0.2) is 41.3 Å². The number of hydrogen-bond donors (Lipinski definition) is 2. The van der Waals surface area contributed by atoms with Gasteiger partial charge in [-0.3, -0.25) is 0 Å². The monoisotopic (exact) mass is 408 g/mol. The number of nitrogens with one attached hydrogen (secondary N) is 1. The highest BCUT2D eigenvalue weighted by molar-refractivity contribution is 7.86. The topological polar surface area (TPSA) is 87.7 Å². The molecule has 0 amide bonds. The molecule has 5 nitrogen and oxygen atoms in total. The Morgan fingerprint density at radius 2 is 1.29 bits per heavy atom. The molecular formula is C22H36N2O3S. The molecule has 0 bridgehead atoms. The zero-order valence-electron chi connectivity index (χ0n) is 17.5. The van der Waals surface area contributed by atoms with Crippen LogP contribution in [0, 0.1) is 0 Å². The molecule has 0 aliphatic rings. The van der Waals surface area contributed by atoms with Gasteiger partial charge in [0.15, 0.2) is 0 Å². The number of anilines is 1. The lowest BCUT2D eigenvalue weighted by molar-refractivity contribution is -0.900. The predicted molar refractivity (Wildman–Crippen MR) is 117 cm³/mol. The van der Waals surface area contributed by atoms with Gasteiger partial charge in [-0.25, -0.2) is 8.42 Å². The zero-order chi connectivity index (χ0) is 21.0. The number of quaternary nitrogens is 1. The van der Waals surface area contributed by atoms with Crippen molar-refractivity contribution in [3.8, 4) is 0 Å². The van der Waals surface area contributed by atoms with Gasteiger partial charge in [-0.1, -0.05) is 64.3 Å². The highest BCUT2D eigenvalue weighted by Gasteiger charge is 2.08. The third-order valence-electron chi connectivity index (χ3n) is 4.84. The summed E-state index contributed by atoms with van der Waals surface area (Å²) >= 11 is 0. The third-order valence-corrected chi connectivity index (χ3v) is 5.73. The van der Waals surface area contributed by atoms with Crippen molar-refractivity contribution < 1.29 is 17.9 Å². The van der Waals surface area contributed by atoms with Crippen LogP contribution in [0.1, 0.15) is 59.3 Å². The first-order valence-electron chi connectivity index (χ1n) is 10.4. The van der Waals surface area contributed by atoms with Crippen LogP contribution in [0.2, 0.25) is 0 Å². The van der Waals surface area contributed by atoms with Gasteiger partial charge in [0.2, 0.25) is 0 Å². The minimum atomic E-state index is -4.45. The van der Waals surface area contributed by atoms with Crippen LogP contribution in [-0.4, -0.2) is 32.6 Å². The van der Waals surface area contributed by atoms with Crippen molar-refractivity contribution in [1.82, 2.24) is 0 Å². The molecule has 0 saturated heterocycles. The Morgan fingerprint density at radius 1 is 0.821 bits per heavy atom. The lowest BCUT2D eigenvalue weighted by Gasteiger charge is -2.18. The summed E-state index contributed by atoms with van der Waals surface area (Å²) in [6, 6.07) is 9.30. The maximum atomic E-state index is 11.0.